The van der Waals surface area contributed by atoms with Crippen molar-refractivity contribution in [2.45, 2.75) is 39.7 Å². The number of aryl methyl sites for hydroxylation is 3. The summed E-state index contributed by atoms with van der Waals surface area (Å²) in [7, 11) is 1.98. The van der Waals surface area contributed by atoms with E-state index in [0.29, 0.717) is 5.82 Å². The number of non-ortho nitro benzene ring substituents is 1. The first-order valence-electron chi connectivity index (χ1n) is 9.72. The summed E-state index contributed by atoms with van der Waals surface area (Å²) in [6, 6.07) is 8.63. The van der Waals surface area contributed by atoms with Crippen molar-refractivity contribution in [3.63, 3.8) is 0 Å². The number of nitrogens with zero attached hydrogens (tertiary/aromatic N) is 6. The molecule has 29 heavy (non-hydrogen) atoms. The van der Waals surface area contributed by atoms with Gasteiger partial charge in [0.05, 0.1) is 16.7 Å². The standard InChI is InChI=1S/C21H24N6O2/c1-13-12-19(23-21(22-13)16-7-9-17(10-8-16)27(28)29)26-11-5-6-18(26)20-14(2)24-25(4)15(20)3/h7-10,12,18H,5-6,11H2,1-4H3. The van der Waals surface area contributed by atoms with E-state index in [1.807, 2.05) is 24.7 Å². The smallest absolute Gasteiger partial charge is 0.269 e. The van der Waals surface area contributed by atoms with Gasteiger partial charge in [-0.15, -0.1) is 0 Å². The topological polar surface area (TPSA) is 90.0 Å². The molecule has 1 saturated heterocycles. The number of hydrogen-bond donors (Lipinski definition) is 0. The second-order valence-corrected chi connectivity index (χ2v) is 7.55. The Morgan fingerprint density at radius 1 is 1.14 bits per heavy atom. The summed E-state index contributed by atoms with van der Waals surface area (Å²) in [5.74, 6) is 1.47. The van der Waals surface area contributed by atoms with Crippen LogP contribution in [0.2, 0.25) is 0 Å². The van der Waals surface area contributed by atoms with Crippen molar-refractivity contribution in [1.29, 1.82) is 0 Å². The van der Waals surface area contributed by atoms with E-state index in [1.165, 1.54) is 23.4 Å². The maximum Gasteiger partial charge on any atom is 0.269 e. The molecule has 0 N–H and O–H groups in total. The number of benzene rings is 1. The molecule has 0 bridgehead atoms. The van der Waals surface area contributed by atoms with Crippen LogP contribution >= 0.6 is 0 Å². The van der Waals surface area contributed by atoms with E-state index in [1.54, 1.807) is 12.1 Å². The van der Waals surface area contributed by atoms with E-state index >= 15 is 0 Å². The summed E-state index contributed by atoms with van der Waals surface area (Å²) in [6.07, 6.45) is 2.15. The van der Waals surface area contributed by atoms with E-state index in [2.05, 4.69) is 28.8 Å². The molecule has 1 aliphatic heterocycles. The molecule has 0 spiro atoms. The first-order chi connectivity index (χ1) is 13.8. The molecule has 0 aliphatic carbocycles. The normalized spacial score (nSPS) is 16.4. The van der Waals surface area contributed by atoms with Crippen molar-refractivity contribution < 1.29 is 4.92 Å². The third-order valence-corrected chi connectivity index (χ3v) is 5.62. The van der Waals surface area contributed by atoms with Crippen LogP contribution < -0.4 is 4.90 Å². The van der Waals surface area contributed by atoms with E-state index < -0.39 is 4.92 Å². The number of anilines is 1. The molecule has 4 rings (SSSR count). The van der Waals surface area contributed by atoms with Crippen LogP contribution in [0.3, 0.4) is 0 Å². The monoisotopic (exact) mass is 392 g/mol. The number of nitro benzene ring substituents is 1. The molecule has 1 aromatic carbocycles. The minimum atomic E-state index is -0.403. The Balaban J connectivity index is 1.72. The van der Waals surface area contributed by atoms with Gasteiger partial charge in [0.15, 0.2) is 5.82 Å². The molecule has 150 valence electrons. The fourth-order valence-corrected chi connectivity index (χ4v) is 4.17. The van der Waals surface area contributed by atoms with E-state index in [9.17, 15) is 10.1 Å². The Morgan fingerprint density at radius 3 is 2.48 bits per heavy atom. The zero-order valence-corrected chi connectivity index (χ0v) is 17.1. The van der Waals surface area contributed by atoms with Crippen LogP contribution in [-0.2, 0) is 7.05 Å². The average molecular weight is 392 g/mol. The van der Waals surface area contributed by atoms with Crippen LogP contribution in [0.5, 0.6) is 0 Å². The molecular weight excluding hydrogens is 368 g/mol. The fourth-order valence-electron chi connectivity index (χ4n) is 4.17. The molecule has 8 heteroatoms. The summed E-state index contributed by atoms with van der Waals surface area (Å²) in [6.45, 7) is 7.05. The van der Waals surface area contributed by atoms with Crippen molar-refractivity contribution in [2.75, 3.05) is 11.4 Å². The Morgan fingerprint density at radius 2 is 1.86 bits per heavy atom. The van der Waals surface area contributed by atoms with Crippen LogP contribution in [0.4, 0.5) is 11.5 Å². The van der Waals surface area contributed by atoms with Crippen LogP contribution in [0.15, 0.2) is 30.3 Å². The van der Waals surface area contributed by atoms with Gasteiger partial charge in [-0.05, 0) is 45.7 Å². The minimum Gasteiger partial charge on any atom is -0.349 e. The van der Waals surface area contributed by atoms with Crippen molar-refractivity contribution >= 4 is 11.5 Å². The van der Waals surface area contributed by atoms with Crippen molar-refractivity contribution in [2.24, 2.45) is 7.05 Å². The van der Waals surface area contributed by atoms with Crippen molar-refractivity contribution in [3.05, 3.63) is 63.1 Å². The van der Waals surface area contributed by atoms with Gasteiger partial charge in [-0.2, -0.15) is 5.10 Å². The number of aromatic nitrogens is 4. The summed E-state index contributed by atoms with van der Waals surface area (Å²) >= 11 is 0. The highest BCUT2D eigenvalue weighted by Gasteiger charge is 2.31. The molecule has 0 radical (unpaired) electrons. The predicted molar refractivity (Wildman–Crippen MR) is 111 cm³/mol. The molecule has 3 heterocycles. The number of rotatable bonds is 4. The Hall–Kier alpha value is -3.29. The highest BCUT2D eigenvalue weighted by atomic mass is 16.6. The maximum atomic E-state index is 10.9. The maximum absolute atomic E-state index is 10.9. The molecule has 1 atom stereocenters. The lowest BCUT2D eigenvalue weighted by Crippen LogP contribution is -2.25. The van der Waals surface area contributed by atoms with Gasteiger partial charge in [0.25, 0.3) is 5.69 Å². The van der Waals surface area contributed by atoms with Gasteiger partial charge in [0.1, 0.15) is 5.82 Å². The average Bonchev–Trinajstić information content (AvgIpc) is 3.25. The molecule has 0 saturated carbocycles. The number of nitro groups is 1. The summed E-state index contributed by atoms with van der Waals surface area (Å²) in [4.78, 5) is 22.2. The molecule has 3 aromatic rings. The van der Waals surface area contributed by atoms with E-state index in [4.69, 9.17) is 4.98 Å². The largest absolute Gasteiger partial charge is 0.349 e. The summed E-state index contributed by atoms with van der Waals surface area (Å²) in [5.41, 5.74) is 5.21. The second kappa shape index (κ2) is 7.27. The lowest BCUT2D eigenvalue weighted by molar-refractivity contribution is -0.384. The molecule has 0 amide bonds. The van der Waals surface area contributed by atoms with Gasteiger partial charge < -0.3 is 4.90 Å². The van der Waals surface area contributed by atoms with E-state index in [0.717, 1.165) is 42.2 Å². The zero-order chi connectivity index (χ0) is 20.7. The SMILES string of the molecule is Cc1cc(N2CCCC2c2c(C)nn(C)c2C)nc(-c2ccc([N+](=O)[O-])cc2)n1. The van der Waals surface area contributed by atoms with Crippen LogP contribution in [0.1, 0.15) is 41.5 Å². The third-order valence-electron chi connectivity index (χ3n) is 5.62. The second-order valence-electron chi connectivity index (χ2n) is 7.55. The van der Waals surface area contributed by atoms with Gasteiger partial charge in [0, 0.05) is 54.3 Å². The molecule has 1 fully saturated rings. The molecule has 1 unspecified atom stereocenters. The molecule has 8 nitrogen and oxygen atoms in total. The van der Waals surface area contributed by atoms with Crippen LogP contribution in [0.25, 0.3) is 11.4 Å². The predicted octanol–water partition coefficient (Wildman–Crippen LogP) is 4.05. The van der Waals surface area contributed by atoms with Gasteiger partial charge in [-0.1, -0.05) is 0 Å². The lowest BCUT2D eigenvalue weighted by atomic mass is 10.0. The first kappa shape index (κ1) is 19.0. The lowest BCUT2D eigenvalue weighted by Gasteiger charge is -2.27. The highest BCUT2D eigenvalue weighted by molar-refractivity contribution is 5.60. The van der Waals surface area contributed by atoms with Gasteiger partial charge in [-0.3, -0.25) is 14.8 Å². The summed E-state index contributed by atoms with van der Waals surface area (Å²) in [5, 5.41) is 15.5. The first-order valence-corrected chi connectivity index (χ1v) is 9.72. The quantitative estimate of drug-likeness (QED) is 0.491. The van der Waals surface area contributed by atoms with Crippen LogP contribution in [-0.4, -0.2) is 31.2 Å². The van der Waals surface area contributed by atoms with Crippen molar-refractivity contribution in [3.8, 4) is 11.4 Å². The molecule has 2 aromatic heterocycles. The van der Waals surface area contributed by atoms with Gasteiger partial charge in [-0.25, -0.2) is 9.97 Å². The van der Waals surface area contributed by atoms with Gasteiger partial charge >= 0.3 is 0 Å². The summed E-state index contributed by atoms with van der Waals surface area (Å²) < 4.78 is 1.94. The molecule has 1 aliphatic rings. The fraction of sp³-hybridized carbons (Fsp3) is 0.381. The van der Waals surface area contributed by atoms with E-state index in [-0.39, 0.29) is 11.7 Å². The highest BCUT2D eigenvalue weighted by Crippen LogP contribution is 2.38. The Kier molecular flexibility index (Phi) is 4.77. The minimum absolute atomic E-state index is 0.0590. The van der Waals surface area contributed by atoms with Crippen LogP contribution in [0, 0.1) is 30.9 Å². The van der Waals surface area contributed by atoms with Gasteiger partial charge in [0.2, 0.25) is 0 Å². The zero-order valence-electron chi connectivity index (χ0n) is 17.1. The molecular formula is C21H24N6O2. The Bertz CT molecular complexity index is 1070. The Labute approximate surface area is 169 Å². The third kappa shape index (κ3) is 3.46. The number of hydrogen-bond acceptors (Lipinski definition) is 6. The van der Waals surface area contributed by atoms with Crippen molar-refractivity contribution in [1.82, 2.24) is 19.7 Å².